The van der Waals surface area contributed by atoms with Gasteiger partial charge in [0.05, 0.1) is 6.20 Å². The fraction of sp³-hybridized carbons (Fsp3) is 0.217. The van der Waals surface area contributed by atoms with Crippen LogP contribution in [0.5, 0.6) is 0 Å². The standard InChI is InChI=1S/C23H22N6/c1-16-5-4-8-19(13-16)27-22-21-20(25-15-26-22)14-24-23(28-21)29-11-9-17-6-2-3-7-18(17)10-12-29/h2-8,13-15H,9-12H2,1H3,(H,25,26,27). The Morgan fingerprint density at radius 1 is 0.897 bits per heavy atom. The average Bonchev–Trinajstić information content (AvgIpc) is 2.97. The van der Waals surface area contributed by atoms with E-state index in [0.717, 1.165) is 48.6 Å². The number of aryl methyl sites for hydroxylation is 1. The van der Waals surface area contributed by atoms with E-state index in [9.17, 15) is 0 Å². The third-order valence-corrected chi connectivity index (χ3v) is 5.35. The molecule has 1 aliphatic heterocycles. The number of nitrogens with one attached hydrogen (secondary N) is 1. The molecule has 0 unspecified atom stereocenters. The van der Waals surface area contributed by atoms with Crippen molar-refractivity contribution < 1.29 is 0 Å². The van der Waals surface area contributed by atoms with Gasteiger partial charge in [-0.05, 0) is 48.6 Å². The van der Waals surface area contributed by atoms with Crippen molar-refractivity contribution in [3.63, 3.8) is 0 Å². The summed E-state index contributed by atoms with van der Waals surface area (Å²) in [5, 5.41) is 3.38. The van der Waals surface area contributed by atoms with Gasteiger partial charge in [0.25, 0.3) is 0 Å². The molecule has 3 heterocycles. The van der Waals surface area contributed by atoms with Crippen LogP contribution in [0.4, 0.5) is 17.5 Å². The minimum Gasteiger partial charge on any atom is -0.340 e. The normalized spacial score (nSPS) is 13.8. The summed E-state index contributed by atoms with van der Waals surface area (Å²) >= 11 is 0. The van der Waals surface area contributed by atoms with Gasteiger partial charge in [-0.3, -0.25) is 0 Å². The van der Waals surface area contributed by atoms with Gasteiger partial charge >= 0.3 is 0 Å². The molecule has 29 heavy (non-hydrogen) atoms. The van der Waals surface area contributed by atoms with Crippen molar-refractivity contribution in [3.05, 3.63) is 77.7 Å². The second-order valence-corrected chi connectivity index (χ2v) is 7.38. The molecule has 4 aromatic rings. The molecule has 0 saturated heterocycles. The summed E-state index contributed by atoms with van der Waals surface area (Å²) in [4.78, 5) is 20.5. The van der Waals surface area contributed by atoms with Crippen molar-refractivity contribution in [2.45, 2.75) is 19.8 Å². The summed E-state index contributed by atoms with van der Waals surface area (Å²) in [6.45, 7) is 3.87. The van der Waals surface area contributed by atoms with Gasteiger partial charge in [0.15, 0.2) is 5.82 Å². The molecule has 0 radical (unpaired) electrons. The SMILES string of the molecule is Cc1cccc(Nc2ncnc3cnc(N4CCc5ccccc5CC4)nc23)c1. The molecule has 5 rings (SSSR count). The van der Waals surface area contributed by atoms with Crippen LogP contribution >= 0.6 is 0 Å². The van der Waals surface area contributed by atoms with Gasteiger partial charge in [-0.1, -0.05) is 36.4 Å². The summed E-state index contributed by atoms with van der Waals surface area (Å²) < 4.78 is 0. The molecule has 0 amide bonds. The average molecular weight is 382 g/mol. The Kier molecular flexibility index (Phi) is 4.52. The van der Waals surface area contributed by atoms with E-state index in [1.54, 1.807) is 12.5 Å². The monoisotopic (exact) mass is 382 g/mol. The summed E-state index contributed by atoms with van der Waals surface area (Å²) in [6, 6.07) is 16.9. The fourth-order valence-electron chi connectivity index (χ4n) is 3.82. The fourth-order valence-corrected chi connectivity index (χ4v) is 3.82. The van der Waals surface area contributed by atoms with Gasteiger partial charge in [-0.2, -0.15) is 0 Å². The summed E-state index contributed by atoms with van der Waals surface area (Å²) in [6.07, 6.45) is 5.33. The minimum atomic E-state index is 0.697. The number of hydrogen-bond acceptors (Lipinski definition) is 6. The van der Waals surface area contributed by atoms with E-state index in [4.69, 9.17) is 4.98 Å². The molecule has 0 atom stereocenters. The zero-order chi connectivity index (χ0) is 19.6. The zero-order valence-corrected chi connectivity index (χ0v) is 16.3. The van der Waals surface area contributed by atoms with E-state index in [1.807, 2.05) is 12.1 Å². The Bertz CT molecular complexity index is 1150. The largest absolute Gasteiger partial charge is 0.340 e. The third kappa shape index (κ3) is 3.61. The van der Waals surface area contributed by atoms with Gasteiger partial charge < -0.3 is 10.2 Å². The van der Waals surface area contributed by atoms with E-state index in [2.05, 4.69) is 68.5 Å². The molecular formula is C23H22N6. The number of benzene rings is 2. The Balaban J connectivity index is 1.47. The van der Waals surface area contributed by atoms with Crippen LogP contribution in [0.1, 0.15) is 16.7 Å². The molecule has 2 aromatic heterocycles. The number of aromatic nitrogens is 4. The molecule has 6 nitrogen and oxygen atoms in total. The highest BCUT2D eigenvalue weighted by atomic mass is 15.3. The number of nitrogens with zero attached hydrogens (tertiary/aromatic N) is 5. The second-order valence-electron chi connectivity index (χ2n) is 7.38. The predicted molar refractivity (Wildman–Crippen MR) is 116 cm³/mol. The molecule has 0 saturated carbocycles. The molecule has 0 fully saturated rings. The van der Waals surface area contributed by atoms with Crippen molar-refractivity contribution >= 4 is 28.5 Å². The lowest BCUT2D eigenvalue weighted by molar-refractivity contribution is 0.775. The Morgan fingerprint density at radius 3 is 2.45 bits per heavy atom. The lowest BCUT2D eigenvalue weighted by atomic mass is 10.0. The Hall–Kier alpha value is -3.54. The van der Waals surface area contributed by atoms with E-state index in [-0.39, 0.29) is 0 Å². The first-order valence-electron chi connectivity index (χ1n) is 9.89. The van der Waals surface area contributed by atoms with E-state index in [0.29, 0.717) is 5.82 Å². The van der Waals surface area contributed by atoms with Crippen LogP contribution < -0.4 is 10.2 Å². The minimum absolute atomic E-state index is 0.697. The maximum Gasteiger partial charge on any atom is 0.226 e. The summed E-state index contributed by atoms with van der Waals surface area (Å²) in [7, 11) is 0. The highest BCUT2D eigenvalue weighted by molar-refractivity contribution is 5.87. The van der Waals surface area contributed by atoms with Gasteiger partial charge in [0.2, 0.25) is 5.95 Å². The maximum atomic E-state index is 4.85. The number of anilines is 3. The highest BCUT2D eigenvalue weighted by Crippen LogP contribution is 2.24. The van der Waals surface area contributed by atoms with Crippen LogP contribution in [0, 0.1) is 6.92 Å². The first-order valence-corrected chi connectivity index (χ1v) is 9.89. The zero-order valence-electron chi connectivity index (χ0n) is 16.3. The smallest absolute Gasteiger partial charge is 0.226 e. The van der Waals surface area contributed by atoms with Crippen LogP contribution in [-0.2, 0) is 12.8 Å². The van der Waals surface area contributed by atoms with Crippen LogP contribution in [0.25, 0.3) is 11.0 Å². The molecule has 2 aromatic carbocycles. The quantitative estimate of drug-likeness (QED) is 0.576. The van der Waals surface area contributed by atoms with Gasteiger partial charge in [0.1, 0.15) is 17.4 Å². The lowest BCUT2D eigenvalue weighted by Gasteiger charge is -2.20. The van der Waals surface area contributed by atoms with Crippen LogP contribution in [0.15, 0.2) is 61.1 Å². The molecule has 1 aliphatic rings. The van der Waals surface area contributed by atoms with E-state index >= 15 is 0 Å². The molecule has 0 bridgehead atoms. The van der Waals surface area contributed by atoms with Crippen LogP contribution in [0.2, 0.25) is 0 Å². The third-order valence-electron chi connectivity index (χ3n) is 5.35. The molecule has 6 heteroatoms. The van der Waals surface area contributed by atoms with Crippen molar-refractivity contribution in [3.8, 4) is 0 Å². The predicted octanol–water partition coefficient (Wildman–Crippen LogP) is 4.08. The Morgan fingerprint density at radius 2 is 1.69 bits per heavy atom. The van der Waals surface area contributed by atoms with E-state index in [1.165, 1.54) is 16.7 Å². The van der Waals surface area contributed by atoms with Crippen molar-refractivity contribution in [2.24, 2.45) is 0 Å². The van der Waals surface area contributed by atoms with E-state index < -0.39 is 0 Å². The topological polar surface area (TPSA) is 66.8 Å². The lowest BCUT2D eigenvalue weighted by Crippen LogP contribution is -2.28. The van der Waals surface area contributed by atoms with Crippen molar-refractivity contribution in [2.75, 3.05) is 23.3 Å². The van der Waals surface area contributed by atoms with Gasteiger partial charge in [0, 0.05) is 18.8 Å². The van der Waals surface area contributed by atoms with Gasteiger partial charge in [-0.25, -0.2) is 19.9 Å². The molecule has 144 valence electrons. The van der Waals surface area contributed by atoms with Crippen LogP contribution in [-0.4, -0.2) is 33.0 Å². The highest BCUT2D eigenvalue weighted by Gasteiger charge is 2.17. The molecule has 0 spiro atoms. The first-order chi connectivity index (χ1) is 14.3. The molecule has 0 aliphatic carbocycles. The van der Waals surface area contributed by atoms with Gasteiger partial charge in [-0.15, -0.1) is 0 Å². The summed E-state index contributed by atoms with van der Waals surface area (Å²) in [5.41, 5.74) is 6.47. The molecule has 1 N–H and O–H groups in total. The number of rotatable bonds is 3. The number of hydrogen-bond donors (Lipinski definition) is 1. The Labute approximate surface area is 169 Å². The first kappa shape index (κ1) is 17.6. The van der Waals surface area contributed by atoms with Crippen molar-refractivity contribution in [1.82, 2.24) is 19.9 Å². The van der Waals surface area contributed by atoms with Crippen LogP contribution in [0.3, 0.4) is 0 Å². The molecular weight excluding hydrogens is 360 g/mol. The maximum absolute atomic E-state index is 4.85. The van der Waals surface area contributed by atoms with Crippen molar-refractivity contribution in [1.29, 1.82) is 0 Å². The number of fused-ring (bicyclic) bond motifs is 2. The summed E-state index contributed by atoms with van der Waals surface area (Å²) in [5.74, 6) is 1.43. The second kappa shape index (κ2) is 7.47.